The lowest BCUT2D eigenvalue weighted by Gasteiger charge is -1.97. The second-order valence-corrected chi connectivity index (χ2v) is 4.23. The Morgan fingerprint density at radius 1 is 1.44 bits per heavy atom. The first-order chi connectivity index (χ1) is 7.75. The Morgan fingerprint density at radius 3 is 3.06 bits per heavy atom. The van der Waals surface area contributed by atoms with E-state index in [1.807, 2.05) is 11.4 Å². The van der Waals surface area contributed by atoms with Crippen molar-refractivity contribution in [2.24, 2.45) is 0 Å². The second-order valence-electron chi connectivity index (χ2n) is 3.36. The van der Waals surface area contributed by atoms with Crippen LogP contribution in [0, 0.1) is 0 Å². The summed E-state index contributed by atoms with van der Waals surface area (Å²) < 4.78 is 1.54. The molecule has 6 heteroatoms. The molecular weight excluding hydrogens is 224 g/mol. The second kappa shape index (κ2) is 3.21. The zero-order valence-corrected chi connectivity index (χ0v) is 8.99. The number of thiazole rings is 1. The van der Waals surface area contributed by atoms with E-state index in [9.17, 15) is 4.79 Å². The van der Waals surface area contributed by atoms with Crippen molar-refractivity contribution in [2.45, 2.75) is 0 Å². The largest absolute Gasteiger partial charge is 0.399 e. The molecule has 3 rings (SSSR count). The van der Waals surface area contributed by atoms with Crippen molar-refractivity contribution in [3.05, 3.63) is 40.3 Å². The Bertz CT molecular complexity index is 695. The van der Waals surface area contributed by atoms with Crippen molar-refractivity contribution in [3.63, 3.8) is 0 Å². The number of hydrogen-bond acceptors (Lipinski definition) is 4. The first-order valence-corrected chi connectivity index (χ1v) is 5.54. The van der Waals surface area contributed by atoms with Gasteiger partial charge in [-0.25, -0.2) is 14.3 Å². The minimum absolute atomic E-state index is 0.199. The number of nitrogens with two attached hydrogens (primary N) is 1. The Balaban J connectivity index is 2.41. The van der Waals surface area contributed by atoms with Crippen LogP contribution < -0.4 is 11.4 Å². The van der Waals surface area contributed by atoms with Gasteiger partial charge >= 0.3 is 5.69 Å². The summed E-state index contributed by atoms with van der Waals surface area (Å²) in [6.07, 6.45) is 1.67. The van der Waals surface area contributed by atoms with Crippen molar-refractivity contribution in [3.8, 4) is 5.13 Å². The van der Waals surface area contributed by atoms with Crippen LogP contribution in [0.3, 0.4) is 0 Å². The molecule has 0 aliphatic heterocycles. The van der Waals surface area contributed by atoms with Crippen LogP contribution in [-0.4, -0.2) is 14.5 Å². The Kier molecular flexibility index (Phi) is 1.84. The summed E-state index contributed by atoms with van der Waals surface area (Å²) in [7, 11) is 0. The molecule has 1 aromatic carbocycles. The van der Waals surface area contributed by atoms with Crippen LogP contribution in [0.15, 0.2) is 34.6 Å². The predicted octanol–water partition coefficient (Wildman–Crippen LogP) is 1.36. The number of nitrogen functional groups attached to an aromatic ring is 1. The number of nitrogens with one attached hydrogen (secondary N) is 1. The van der Waals surface area contributed by atoms with Crippen molar-refractivity contribution in [1.82, 2.24) is 14.5 Å². The lowest BCUT2D eigenvalue weighted by Crippen LogP contribution is -2.14. The van der Waals surface area contributed by atoms with Gasteiger partial charge in [0.25, 0.3) is 0 Å². The smallest absolute Gasteiger partial charge is 0.332 e. The molecule has 0 saturated carbocycles. The number of anilines is 1. The molecule has 2 aromatic heterocycles. The van der Waals surface area contributed by atoms with Gasteiger partial charge in [0, 0.05) is 17.3 Å². The standard InChI is InChI=1S/C10H8N4OS/c11-6-1-2-8-7(5-6)13-9(15)14(8)10-12-3-4-16-10/h1-5H,11H2,(H,13,15). The Labute approximate surface area is 94.2 Å². The molecule has 0 amide bonds. The molecule has 80 valence electrons. The van der Waals surface area contributed by atoms with Gasteiger partial charge in [0.2, 0.25) is 0 Å². The number of aromatic amines is 1. The highest BCUT2D eigenvalue weighted by Crippen LogP contribution is 2.18. The molecule has 0 spiro atoms. The average molecular weight is 232 g/mol. The summed E-state index contributed by atoms with van der Waals surface area (Å²) in [6, 6.07) is 5.31. The minimum atomic E-state index is -0.199. The Hall–Kier alpha value is -2.08. The monoisotopic (exact) mass is 232 g/mol. The molecule has 0 bridgehead atoms. The topological polar surface area (TPSA) is 76.7 Å². The molecule has 0 saturated heterocycles. The van der Waals surface area contributed by atoms with Gasteiger partial charge in [0.05, 0.1) is 11.0 Å². The third-order valence-electron chi connectivity index (χ3n) is 2.32. The van der Waals surface area contributed by atoms with Gasteiger partial charge in [-0.05, 0) is 18.2 Å². The van der Waals surface area contributed by atoms with E-state index in [1.54, 1.807) is 22.9 Å². The fourth-order valence-electron chi connectivity index (χ4n) is 1.65. The zero-order valence-electron chi connectivity index (χ0n) is 8.18. The third-order valence-corrected chi connectivity index (χ3v) is 3.07. The van der Waals surface area contributed by atoms with Crippen molar-refractivity contribution >= 4 is 28.1 Å². The molecule has 16 heavy (non-hydrogen) atoms. The Morgan fingerprint density at radius 2 is 2.31 bits per heavy atom. The fourth-order valence-corrected chi connectivity index (χ4v) is 2.30. The van der Waals surface area contributed by atoms with E-state index >= 15 is 0 Å². The first kappa shape index (κ1) is 9.17. The van der Waals surface area contributed by atoms with Gasteiger partial charge in [-0.1, -0.05) is 0 Å². The van der Waals surface area contributed by atoms with E-state index in [-0.39, 0.29) is 5.69 Å². The van der Waals surface area contributed by atoms with Gasteiger partial charge in [0.1, 0.15) is 0 Å². The number of rotatable bonds is 1. The highest BCUT2D eigenvalue weighted by atomic mass is 32.1. The van der Waals surface area contributed by atoms with E-state index in [2.05, 4.69) is 9.97 Å². The predicted molar refractivity (Wildman–Crippen MR) is 64.0 cm³/mol. The molecule has 3 N–H and O–H groups in total. The van der Waals surface area contributed by atoms with Crippen LogP contribution in [0.25, 0.3) is 16.2 Å². The van der Waals surface area contributed by atoms with E-state index in [0.29, 0.717) is 10.8 Å². The molecule has 0 fully saturated rings. The molecule has 0 radical (unpaired) electrons. The molecule has 0 unspecified atom stereocenters. The molecule has 5 nitrogen and oxygen atoms in total. The summed E-state index contributed by atoms with van der Waals surface area (Å²) >= 11 is 1.41. The van der Waals surface area contributed by atoms with Gasteiger partial charge in [-0.2, -0.15) is 0 Å². The van der Waals surface area contributed by atoms with Crippen LogP contribution in [0.5, 0.6) is 0 Å². The van der Waals surface area contributed by atoms with E-state index in [4.69, 9.17) is 5.73 Å². The fraction of sp³-hybridized carbons (Fsp3) is 0. The van der Waals surface area contributed by atoms with Gasteiger partial charge in [-0.15, -0.1) is 11.3 Å². The molecule has 2 heterocycles. The number of imidazole rings is 1. The number of fused-ring (bicyclic) bond motifs is 1. The summed E-state index contributed by atoms with van der Waals surface area (Å²) in [6.45, 7) is 0. The van der Waals surface area contributed by atoms with Crippen LogP contribution >= 0.6 is 11.3 Å². The number of H-pyrrole nitrogens is 1. The molecule has 0 aliphatic rings. The lowest BCUT2D eigenvalue weighted by molar-refractivity contribution is 0.998. The summed E-state index contributed by atoms with van der Waals surface area (Å²) in [5.41, 5.74) is 7.59. The zero-order chi connectivity index (χ0) is 11.1. The number of aromatic nitrogens is 3. The number of benzene rings is 1. The van der Waals surface area contributed by atoms with E-state index < -0.39 is 0 Å². The quantitative estimate of drug-likeness (QED) is 0.622. The highest BCUT2D eigenvalue weighted by molar-refractivity contribution is 7.12. The van der Waals surface area contributed by atoms with Crippen LogP contribution in [-0.2, 0) is 0 Å². The SMILES string of the molecule is Nc1ccc2c(c1)[nH]c(=O)n2-c1nccs1. The van der Waals surface area contributed by atoms with E-state index in [1.165, 1.54) is 11.3 Å². The van der Waals surface area contributed by atoms with Crippen LogP contribution in [0.4, 0.5) is 5.69 Å². The van der Waals surface area contributed by atoms with Crippen LogP contribution in [0.1, 0.15) is 0 Å². The molecular formula is C10H8N4OS. The maximum absolute atomic E-state index is 11.8. The maximum atomic E-state index is 11.8. The molecule has 3 aromatic rings. The van der Waals surface area contributed by atoms with Gasteiger partial charge in [-0.3, -0.25) is 0 Å². The average Bonchev–Trinajstić information content (AvgIpc) is 2.83. The van der Waals surface area contributed by atoms with Gasteiger partial charge < -0.3 is 10.7 Å². The third kappa shape index (κ3) is 1.24. The lowest BCUT2D eigenvalue weighted by atomic mass is 10.3. The summed E-state index contributed by atoms with van der Waals surface area (Å²) in [5, 5.41) is 2.48. The number of hydrogen-bond donors (Lipinski definition) is 2. The van der Waals surface area contributed by atoms with E-state index in [0.717, 1.165) is 11.0 Å². The summed E-state index contributed by atoms with van der Waals surface area (Å²) in [4.78, 5) is 18.7. The molecule has 0 atom stereocenters. The van der Waals surface area contributed by atoms with Crippen molar-refractivity contribution in [2.75, 3.05) is 5.73 Å². The van der Waals surface area contributed by atoms with Crippen molar-refractivity contribution < 1.29 is 0 Å². The number of nitrogens with zero attached hydrogens (tertiary/aromatic N) is 2. The maximum Gasteiger partial charge on any atom is 0.332 e. The first-order valence-electron chi connectivity index (χ1n) is 4.66. The normalized spacial score (nSPS) is 11.0. The molecule has 0 aliphatic carbocycles. The van der Waals surface area contributed by atoms with Gasteiger partial charge in [0.15, 0.2) is 5.13 Å². The highest BCUT2D eigenvalue weighted by Gasteiger charge is 2.10. The summed E-state index contributed by atoms with van der Waals surface area (Å²) in [5.74, 6) is 0. The van der Waals surface area contributed by atoms with Crippen molar-refractivity contribution in [1.29, 1.82) is 0 Å². The minimum Gasteiger partial charge on any atom is -0.399 e. The van der Waals surface area contributed by atoms with Crippen LogP contribution in [0.2, 0.25) is 0 Å².